The lowest BCUT2D eigenvalue weighted by atomic mass is 9.69. The van der Waals surface area contributed by atoms with Gasteiger partial charge >= 0.3 is 5.97 Å². The van der Waals surface area contributed by atoms with Gasteiger partial charge in [0.2, 0.25) is 0 Å². The zero-order chi connectivity index (χ0) is 14.6. The third-order valence-electron chi connectivity index (χ3n) is 3.85. The molecule has 1 saturated carbocycles. The second-order valence-corrected chi connectivity index (χ2v) is 5.24. The van der Waals surface area contributed by atoms with Crippen LogP contribution in [0.3, 0.4) is 0 Å². The molecule has 0 aromatic heterocycles. The van der Waals surface area contributed by atoms with E-state index in [1.54, 1.807) is 19.1 Å². The first-order valence-electron chi connectivity index (χ1n) is 7.03. The van der Waals surface area contributed by atoms with E-state index in [2.05, 4.69) is 0 Å². The molecule has 0 N–H and O–H groups in total. The lowest BCUT2D eigenvalue weighted by Gasteiger charge is -2.33. The number of hydrogen-bond donors (Lipinski definition) is 0. The molecule has 1 aromatic rings. The molecular weight excluding hydrogens is 259 g/mol. The van der Waals surface area contributed by atoms with Crippen LogP contribution in [0.2, 0.25) is 0 Å². The molecule has 0 heterocycles. The fraction of sp³-hybridized carbons (Fsp3) is 0.500. The molecule has 1 unspecified atom stereocenters. The summed E-state index contributed by atoms with van der Waals surface area (Å²) in [5.74, 6) is -0.898. The van der Waals surface area contributed by atoms with E-state index in [4.69, 9.17) is 4.74 Å². The summed E-state index contributed by atoms with van der Waals surface area (Å²) in [6.45, 7) is 1.97. The van der Waals surface area contributed by atoms with E-state index in [0.717, 1.165) is 12.8 Å². The molecule has 1 aliphatic rings. The molecule has 1 fully saturated rings. The second kappa shape index (κ2) is 6.16. The van der Waals surface area contributed by atoms with Crippen molar-refractivity contribution in [3.05, 3.63) is 35.6 Å². The lowest BCUT2D eigenvalue weighted by Crippen LogP contribution is -2.44. The van der Waals surface area contributed by atoms with Gasteiger partial charge in [-0.1, -0.05) is 18.6 Å². The third-order valence-corrected chi connectivity index (χ3v) is 3.85. The predicted molar refractivity (Wildman–Crippen MR) is 72.6 cm³/mol. The van der Waals surface area contributed by atoms with Crippen molar-refractivity contribution in [1.29, 1.82) is 0 Å². The zero-order valence-corrected chi connectivity index (χ0v) is 11.7. The van der Waals surface area contributed by atoms with Crippen LogP contribution in [-0.4, -0.2) is 18.4 Å². The molecule has 2 rings (SSSR count). The van der Waals surface area contributed by atoms with Crippen LogP contribution in [-0.2, 0) is 20.7 Å². The van der Waals surface area contributed by atoms with Crippen molar-refractivity contribution in [2.75, 3.05) is 6.61 Å². The van der Waals surface area contributed by atoms with Crippen LogP contribution in [0.5, 0.6) is 0 Å². The summed E-state index contributed by atoms with van der Waals surface area (Å²) in [7, 11) is 0. The van der Waals surface area contributed by atoms with Gasteiger partial charge in [0.05, 0.1) is 6.61 Å². The number of carbonyl (C=O) groups excluding carboxylic acids is 2. The number of Topliss-reactive ketones (excluding diaryl/α,β-unsaturated/α-hetero) is 1. The summed E-state index contributed by atoms with van der Waals surface area (Å²) in [5.41, 5.74) is -0.462. The van der Waals surface area contributed by atoms with Gasteiger partial charge in [0.15, 0.2) is 5.78 Å². The van der Waals surface area contributed by atoms with E-state index >= 15 is 0 Å². The molecule has 1 atom stereocenters. The summed E-state index contributed by atoms with van der Waals surface area (Å²) >= 11 is 0. The lowest BCUT2D eigenvalue weighted by molar-refractivity contribution is -0.162. The van der Waals surface area contributed by atoms with Gasteiger partial charge in [0.1, 0.15) is 11.2 Å². The summed E-state index contributed by atoms with van der Waals surface area (Å²) in [4.78, 5) is 24.6. The van der Waals surface area contributed by atoms with Gasteiger partial charge in [-0.05, 0) is 43.9 Å². The summed E-state index contributed by atoms with van der Waals surface area (Å²) in [6.07, 6.45) is 2.74. The molecule has 3 nitrogen and oxygen atoms in total. The SMILES string of the molecule is CCOC(=O)C1(Cc2cccc(F)c2)CCCCC1=O. The Balaban J connectivity index is 2.31. The van der Waals surface area contributed by atoms with Gasteiger partial charge in [0, 0.05) is 6.42 Å². The minimum atomic E-state index is -1.12. The Bertz CT molecular complexity index is 512. The Labute approximate surface area is 118 Å². The molecule has 1 aromatic carbocycles. The molecular formula is C16H19FO3. The molecule has 4 heteroatoms. The van der Waals surface area contributed by atoms with Gasteiger partial charge in [0.25, 0.3) is 0 Å². The standard InChI is InChI=1S/C16H19FO3/c1-2-20-15(19)16(9-4-3-8-14(16)18)11-12-6-5-7-13(17)10-12/h5-7,10H,2-4,8-9,11H2,1H3. The normalized spacial score (nSPS) is 22.6. The van der Waals surface area contributed by atoms with Crippen LogP contribution in [0.15, 0.2) is 24.3 Å². The highest BCUT2D eigenvalue weighted by molar-refractivity contribution is 6.04. The minimum absolute atomic E-state index is 0.0774. The van der Waals surface area contributed by atoms with E-state index in [0.29, 0.717) is 18.4 Å². The van der Waals surface area contributed by atoms with E-state index < -0.39 is 11.4 Å². The maximum Gasteiger partial charge on any atom is 0.319 e. The maximum atomic E-state index is 13.3. The number of ether oxygens (including phenoxy) is 1. The number of hydrogen-bond acceptors (Lipinski definition) is 3. The van der Waals surface area contributed by atoms with Crippen molar-refractivity contribution >= 4 is 11.8 Å². The number of benzene rings is 1. The minimum Gasteiger partial charge on any atom is -0.465 e. The number of esters is 1. The van der Waals surface area contributed by atoms with Crippen LogP contribution in [0.25, 0.3) is 0 Å². The van der Waals surface area contributed by atoms with Crippen molar-refractivity contribution in [1.82, 2.24) is 0 Å². The van der Waals surface area contributed by atoms with Crippen LogP contribution < -0.4 is 0 Å². The summed E-state index contributed by atoms with van der Waals surface area (Å²) in [5, 5.41) is 0. The average molecular weight is 278 g/mol. The smallest absolute Gasteiger partial charge is 0.319 e. The third kappa shape index (κ3) is 2.89. The zero-order valence-electron chi connectivity index (χ0n) is 11.7. The highest BCUT2D eigenvalue weighted by Gasteiger charge is 2.47. The van der Waals surface area contributed by atoms with E-state index in [1.807, 2.05) is 0 Å². The Morgan fingerprint density at radius 3 is 2.85 bits per heavy atom. The van der Waals surface area contributed by atoms with Crippen LogP contribution >= 0.6 is 0 Å². The molecule has 0 bridgehead atoms. The van der Waals surface area contributed by atoms with E-state index in [-0.39, 0.29) is 24.6 Å². The first kappa shape index (κ1) is 14.7. The van der Waals surface area contributed by atoms with Crippen LogP contribution in [0.1, 0.15) is 38.2 Å². The number of halogens is 1. The highest BCUT2D eigenvalue weighted by Crippen LogP contribution is 2.38. The number of carbonyl (C=O) groups is 2. The first-order chi connectivity index (χ1) is 9.58. The Morgan fingerprint density at radius 2 is 2.20 bits per heavy atom. The van der Waals surface area contributed by atoms with E-state index in [1.165, 1.54) is 12.1 Å². The highest BCUT2D eigenvalue weighted by atomic mass is 19.1. The largest absolute Gasteiger partial charge is 0.465 e. The maximum absolute atomic E-state index is 13.3. The average Bonchev–Trinajstić information content (AvgIpc) is 2.42. The molecule has 108 valence electrons. The van der Waals surface area contributed by atoms with Crippen molar-refractivity contribution in [3.63, 3.8) is 0 Å². The Morgan fingerprint density at radius 1 is 1.40 bits per heavy atom. The van der Waals surface area contributed by atoms with Crippen LogP contribution in [0, 0.1) is 11.2 Å². The van der Waals surface area contributed by atoms with Crippen molar-refractivity contribution in [3.8, 4) is 0 Å². The topological polar surface area (TPSA) is 43.4 Å². The summed E-state index contributed by atoms with van der Waals surface area (Å²) < 4.78 is 18.4. The Hall–Kier alpha value is -1.71. The number of ketones is 1. The second-order valence-electron chi connectivity index (χ2n) is 5.24. The molecule has 0 saturated heterocycles. The van der Waals surface area contributed by atoms with Crippen molar-refractivity contribution in [2.45, 2.75) is 39.0 Å². The quantitative estimate of drug-likeness (QED) is 0.628. The van der Waals surface area contributed by atoms with Gasteiger partial charge in [-0.2, -0.15) is 0 Å². The van der Waals surface area contributed by atoms with Gasteiger partial charge in [-0.15, -0.1) is 0 Å². The molecule has 0 aliphatic heterocycles. The van der Waals surface area contributed by atoms with Crippen molar-refractivity contribution in [2.24, 2.45) is 5.41 Å². The fourth-order valence-electron chi connectivity index (χ4n) is 2.83. The molecule has 0 amide bonds. The van der Waals surface area contributed by atoms with Gasteiger partial charge in [-0.3, -0.25) is 9.59 Å². The molecule has 0 radical (unpaired) electrons. The van der Waals surface area contributed by atoms with E-state index in [9.17, 15) is 14.0 Å². The van der Waals surface area contributed by atoms with Crippen molar-refractivity contribution < 1.29 is 18.7 Å². The van der Waals surface area contributed by atoms with Gasteiger partial charge in [-0.25, -0.2) is 4.39 Å². The monoisotopic (exact) mass is 278 g/mol. The Kier molecular flexibility index (Phi) is 4.53. The fourth-order valence-corrected chi connectivity index (χ4v) is 2.83. The predicted octanol–water partition coefficient (Wildman–Crippen LogP) is 3.06. The number of rotatable bonds is 4. The van der Waals surface area contributed by atoms with Gasteiger partial charge < -0.3 is 4.74 Å². The molecule has 1 aliphatic carbocycles. The molecule has 20 heavy (non-hydrogen) atoms. The summed E-state index contributed by atoms with van der Waals surface area (Å²) in [6, 6.07) is 6.06. The van der Waals surface area contributed by atoms with Crippen LogP contribution in [0.4, 0.5) is 4.39 Å². The molecule has 0 spiro atoms. The first-order valence-corrected chi connectivity index (χ1v) is 7.03.